The van der Waals surface area contributed by atoms with Crippen LogP contribution in [0.3, 0.4) is 0 Å². The Labute approximate surface area is 116 Å². The summed E-state index contributed by atoms with van der Waals surface area (Å²) >= 11 is 1.61. The summed E-state index contributed by atoms with van der Waals surface area (Å²) in [6.45, 7) is 2.48. The summed E-state index contributed by atoms with van der Waals surface area (Å²) in [6, 6.07) is -0.537. The molecule has 0 saturated heterocycles. The zero-order valence-electron chi connectivity index (χ0n) is 10.8. The van der Waals surface area contributed by atoms with Crippen LogP contribution in [-0.4, -0.2) is 23.1 Å². The van der Waals surface area contributed by atoms with Crippen molar-refractivity contribution in [2.24, 2.45) is 5.92 Å². The summed E-state index contributed by atoms with van der Waals surface area (Å²) in [4.78, 5) is 22.5. The van der Waals surface area contributed by atoms with Gasteiger partial charge in [-0.05, 0) is 47.6 Å². The number of amides is 2. The monoisotopic (exact) mass is 282 g/mol. The minimum absolute atomic E-state index is 0.00440. The zero-order valence-corrected chi connectivity index (χ0v) is 11.6. The molecule has 1 heterocycles. The smallest absolute Gasteiger partial charge is 0.315 e. The first kappa shape index (κ1) is 13.9. The van der Waals surface area contributed by atoms with Gasteiger partial charge in [0.25, 0.3) is 0 Å². The third-order valence-electron chi connectivity index (χ3n) is 3.30. The number of thiophene rings is 1. The van der Waals surface area contributed by atoms with E-state index in [1.807, 2.05) is 17.7 Å². The maximum Gasteiger partial charge on any atom is 0.315 e. The van der Waals surface area contributed by atoms with E-state index in [1.54, 1.807) is 11.3 Å². The SMILES string of the molecule is Cc1cscc1CNC(=O)NC(CC(=O)O)C1CC1. The molecule has 1 aliphatic carbocycles. The van der Waals surface area contributed by atoms with Gasteiger partial charge >= 0.3 is 12.0 Å². The Bertz CT molecular complexity index is 468. The topological polar surface area (TPSA) is 78.4 Å². The minimum atomic E-state index is -0.870. The lowest BCUT2D eigenvalue weighted by molar-refractivity contribution is -0.137. The minimum Gasteiger partial charge on any atom is -0.481 e. The van der Waals surface area contributed by atoms with Gasteiger partial charge in [-0.3, -0.25) is 4.79 Å². The lowest BCUT2D eigenvalue weighted by Crippen LogP contribution is -2.43. The number of carbonyl (C=O) groups is 2. The van der Waals surface area contributed by atoms with Crippen molar-refractivity contribution in [3.63, 3.8) is 0 Å². The molecule has 0 bridgehead atoms. The maximum atomic E-state index is 11.8. The predicted octanol–water partition coefficient (Wildman–Crippen LogP) is 2.11. The number of hydrogen-bond donors (Lipinski definition) is 3. The third-order valence-corrected chi connectivity index (χ3v) is 4.21. The average Bonchev–Trinajstić information content (AvgIpc) is 3.10. The second-order valence-corrected chi connectivity index (χ2v) is 5.69. The van der Waals surface area contributed by atoms with Gasteiger partial charge in [-0.25, -0.2) is 4.79 Å². The Morgan fingerprint density at radius 1 is 1.47 bits per heavy atom. The number of carboxylic acids is 1. The lowest BCUT2D eigenvalue weighted by Gasteiger charge is -2.16. The molecule has 1 aliphatic rings. The van der Waals surface area contributed by atoms with Crippen LogP contribution in [0.5, 0.6) is 0 Å². The molecule has 6 heteroatoms. The first-order chi connectivity index (χ1) is 9.06. The highest BCUT2D eigenvalue weighted by atomic mass is 32.1. The highest BCUT2D eigenvalue weighted by Gasteiger charge is 2.33. The average molecular weight is 282 g/mol. The number of nitrogens with one attached hydrogen (secondary N) is 2. The summed E-state index contributed by atoms with van der Waals surface area (Å²) in [6.07, 6.45) is 2.00. The van der Waals surface area contributed by atoms with Crippen LogP contribution in [0.4, 0.5) is 4.79 Å². The summed E-state index contributed by atoms with van der Waals surface area (Å²) in [5, 5.41) is 18.4. The van der Waals surface area contributed by atoms with Gasteiger partial charge in [-0.1, -0.05) is 0 Å². The van der Waals surface area contributed by atoms with Gasteiger partial charge in [0.1, 0.15) is 0 Å². The molecule has 104 valence electrons. The number of carbonyl (C=O) groups excluding carboxylic acids is 1. The Kier molecular flexibility index (Phi) is 4.42. The highest BCUT2D eigenvalue weighted by molar-refractivity contribution is 7.08. The van der Waals surface area contributed by atoms with Gasteiger partial charge < -0.3 is 15.7 Å². The largest absolute Gasteiger partial charge is 0.481 e. The standard InChI is InChI=1S/C13H18N2O3S/c1-8-6-19-7-10(8)5-14-13(18)15-11(4-12(16)17)9-2-3-9/h6-7,9,11H,2-5H2,1H3,(H,16,17)(H2,14,15,18). The number of carboxylic acid groups (broad SMARTS) is 1. The summed E-state index contributed by atoms with van der Waals surface area (Å²) in [7, 11) is 0. The molecule has 2 amide bonds. The lowest BCUT2D eigenvalue weighted by atomic mass is 10.1. The van der Waals surface area contributed by atoms with Crippen LogP contribution in [0, 0.1) is 12.8 Å². The molecule has 1 fully saturated rings. The molecule has 3 N–H and O–H groups in total. The molecule has 1 aromatic heterocycles. The number of hydrogen-bond acceptors (Lipinski definition) is 3. The second kappa shape index (κ2) is 6.06. The van der Waals surface area contributed by atoms with Crippen molar-refractivity contribution >= 4 is 23.3 Å². The maximum absolute atomic E-state index is 11.8. The van der Waals surface area contributed by atoms with Crippen LogP contribution < -0.4 is 10.6 Å². The molecule has 19 heavy (non-hydrogen) atoms. The number of aryl methyl sites for hydroxylation is 1. The van der Waals surface area contributed by atoms with Crippen LogP contribution in [0.2, 0.25) is 0 Å². The quantitative estimate of drug-likeness (QED) is 0.747. The first-order valence-electron chi connectivity index (χ1n) is 6.34. The van der Waals surface area contributed by atoms with E-state index >= 15 is 0 Å². The number of rotatable bonds is 6. The zero-order chi connectivity index (χ0) is 13.8. The van der Waals surface area contributed by atoms with Gasteiger partial charge in [-0.2, -0.15) is 11.3 Å². The van der Waals surface area contributed by atoms with Crippen molar-refractivity contribution in [1.82, 2.24) is 10.6 Å². The molecule has 1 atom stereocenters. The van der Waals surface area contributed by atoms with E-state index in [-0.39, 0.29) is 18.5 Å². The fourth-order valence-corrected chi connectivity index (χ4v) is 2.84. The Morgan fingerprint density at radius 3 is 2.74 bits per heavy atom. The molecule has 1 unspecified atom stereocenters. The first-order valence-corrected chi connectivity index (χ1v) is 7.28. The fourth-order valence-electron chi connectivity index (χ4n) is 1.99. The summed E-state index contributed by atoms with van der Waals surface area (Å²) in [5.74, 6) is -0.546. The normalized spacial score (nSPS) is 15.8. The fraction of sp³-hybridized carbons (Fsp3) is 0.538. The number of urea groups is 1. The van der Waals surface area contributed by atoms with Crippen LogP contribution in [0.25, 0.3) is 0 Å². The van der Waals surface area contributed by atoms with Crippen molar-refractivity contribution in [2.75, 3.05) is 0 Å². The Hall–Kier alpha value is -1.56. The van der Waals surface area contributed by atoms with E-state index in [2.05, 4.69) is 10.6 Å². The molecular formula is C13H18N2O3S. The highest BCUT2D eigenvalue weighted by Crippen LogP contribution is 2.33. The molecule has 0 aromatic carbocycles. The van der Waals surface area contributed by atoms with E-state index in [1.165, 1.54) is 0 Å². The van der Waals surface area contributed by atoms with Gasteiger partial charge in [0.2, 0.25) is 0 Å². The molecular weight excluding hydrogens is 264 g/mol. The molecule has 0 radical (unpaired) electrons. The van der Waals surface area contributed by atoms with Crippen molar-refractivity contribution in [3.8, 4) is 0 Å². The predicted molar refractivity (Wildman–Crippen MR) is 73.2 cm³/mol. The van der Waals surface area contributed by atoms with Crippen molar-refractivity contribution in [3.05, 3.63) is 21.9 Å². The van der Waals surface area contributed by atoms with Crippen molar-refractivity contribution in [2.45, 2.75) is 38.8 Å². The van der Waals surface area contributed by atoms with Gasteiger partial charge in [0.15, 0.2) is 0 Å². The van der Waals surface area contributed by atoms with E-state index in [0.717, 1.165) is 24.0 Å². The summed E-state index contributed by atoms with van der Waals surface area (Å²) < 4.78 is 0. The van der Waals surface area contributed by atoms with Crippen molar-refractivity contribution in [1.29, 1.82) is 0 Å². The molecule has 0 spiro atoms. The van der Waals surface area contributed by atoms with Crippen LogP contribution in [-0.2, 0) is 11.3 Å². The van der Waals surface area contributed by atoms with E-state index in [0.29, 0.717) is 12.5 Å². The van der Waals surface area contributed by atoms with Gasteiger partial charge in [-0.15, -0.1) is 0 Å². The second-order valence-electron chi connectivity index (χ2n) is 4.95. The van der Waals surface area contributed by atoms with Crippen LogP contribution >= 0.6 is 11.3 Å². The molecule has 0 aliphatic heterocycles. The van der Waals surface area contributed by atoms with Crippen molar-refractivity contribution < 1.29 is 14.7 Å². The van der Waals surface area contributed by atoms with Crippen LogP contribution in [0.15, 0.2) is 10.8 Å². The molecule has 1 aromatic rings. The molecule has 2 rings (SSSR count). The molecule has 1 saturated carbocycles. The van der Waals surface area contributed by atoms with E-state index in [9.17, 15) is 9.59 Å². The number of aliphatic carboxylic acids is 1. The van der Waals surface area contributed by atoms with Gasteiger partial charge in [0.05, 0.1) is 6.42 Å². The van der Waals surface area contributed by atoms with E-state index < -0.39 is 5.97 Å². The van der Waals surface area contributed by atoms with Crippen LogP contribution in [0.1, 0.15) is 30.4 Å². The van der Waals surface area contributed by atoms with E-state index in [4.69, 9.17) is 5.11 Å². The van der Waals surface area contributed by atoms with Gasteiger partial charge in [0, 0.05) is 12.6 Å². The third kappa shape index (κ3) is 4.24. The Morgan fingerprint density at radius 2 is 2.21 bits per heavy atom. The Balaban J connectivity index is 1.79. The summed E-state index contributed by atoms with van der Waals surface area (Å²) in [5.41, 5.74) is 2.26. The molecule has 5 nitrogen and oxygen atoms in total.